The normalized spacial score (nSPS) is 19.5. The fraction of sp³-hybridized carbons (Fsp3) is 1.00. The van der Waals surface area contributed by atoms with Gasteiger partial charge in [0.1, 0.15) is 0 Å². The highest BCUT2D eigenvalue weighted by atomic mass is 16.5. The monoisotopic (exact) mass is 228 g/mol. The molecule has 0 spiro atoms. The van der Waals surface area contributed by atoms with Crippen molar-refractivity contribution in [3.8, 4) is 0 Å². The summed E-state index contributed by atoms with van der Waals surface area (Å²) in [5.74, 6) is 0.893. The maximum atomic E-state index is 5.12. The molecule has 0 amide bonds. The van der Waals surface area contributed by atoms with Crippen LogP contribution in [0.5, 0.6) is 0 Å². The molecule has 0 heterocycles. The van der Waals surface area contributed by atoms with E-state index in [1.54, 1.807) is 7.11 Å². The van der Waals surface area contributed by atoms with Crippen molar-refractivity contribution in [2.45, 2.75) is 38.6 Å². The van der Waals surface area contributed by atoms with E-state index in [1.165, 1.54) is 25.7 Å². The second-order valence-electron chi connectivity index (χ2n) is 4.96. The number of hydrogen-bond acceptors (Lipinski definition) is 3. The van der Waals surface area contributed by atoms with Crippen molar-refractivity contribution in [2.24, 2.45) is 5.92 Å². The van der Waals surface area contributed by atoms with Crippen LogP contribution in [0, 0.1) is 5.92 Å². The Kier molecular flexibility index (Phi) is 7.01. The highest BCUT2D eigenvalue weighted by Crippen LogP contribution is 2.27. The van der Waals surface area contributed by atoms with E-state index in [0.29, 0.717) is 6.04 Å². The molecular formula is C13H28N2O. The Morgan fingerprint density at radius 2 is 2.06 bits per heavy atom. The topological polar surface area (TPSA) is 24.5 Å². The molecule has 0 aromatic rings. The van der Waals surface area contributed by atoms with Gasteiger partial charge in [0.15, 0.2) is 0 Å². The summed E-state index contributed by atoms with van der Waals surface area (Å²) >= 11 is 0. The molecule has 1 aliphatic rings. The van der Waals surface area contributed by atoms with E-state index >= 15 is 0 Å². The first-order valence-electron chi connectivity index (χ1n) is 6.68. The average molecular weight is 228 g/mol. The maximum Gasteiger partial charge on any atom is 0.0589 e. The smallest absolute Gasteiger partial charge is 0.0589 e. The van der Waals surface area contributed by atoms with Crippen molar-refractivity contribution in [2.75, 3.05) is 40.4 Å². The zero-order chi connectivity index (χ0) is 11.8. The van der Waals surface area contributed by atoms with Crippen molar-refractivity contribution in [1.29, 1.82) is 0 Å². The van der Waals surface area contributed by atoms with Crippen LogP contribution in [-0.4, -0.2) is 51.3 Å². The van der Waals surface area contributed by atoms with Crippen LogP contribution in [0.2, 0.25) is 0 Å². The Morgan fingerprint density at radius 1 is 1.38 bits per heavy atom. The third-order valence-corrected chi connectivity index (χ3v) is 3.62. The quantitative estimate of drug-likeness (QED) is 0.685. The summed E-state index contributed by atoms with van der Waals surface area (Å²) in [7, 11) is 3.96. The van der Waals surface area contributed by atoms with Crippen LogP contribution < -0.4 is 5.32 Å². The van der Waals surface area contributed by atoms with Crippen molar-refractivity contribution < 1.29 is 4.74 Å². The minimum absolute atomic E-state index is 0.675. The predicted molar refractivity (Wildman–Crippen MR) is 68.8 cm³/mol. The summed E-state index contributed by atoms with van der Waals surface area (Å²) in [4.78, 5) is 2.38. The molecule has 1 fully saturated rings. The predicted octanol–water partition coefficient (Wildman–Crippen LogP) is 1.73. The zero-order valence-electron chi connectivity index (χ0n) is 11.2. The molecule has 0 aromatic carbocycles. The van der Waals surface area contributed by atoms with Gasteiger partial charge in [-0.1, -0.05) is 19.8 Å². The summed E-state index contributed by atoms with van der Waals surface area (Å²) < 4.78 is 5.12. The molecule has 96 valence electrons. The maximum absolute atomic E-state index is 5.12. The Bertz CT molecular complexity index is 169. The van der Waals surface area contributed by atoms with E-state index in [2.05, 4.69) is 24.2 Å². The molecule has 0 aromatic heterocycles. The lowest BCUT2D eigenvalue weighted by molar-refractivity contribution is 0.149. The largest absolute Gasteiger partial charge is 0.383 e. The van der Waals surface area contributed by atoms with Gasteiger partial charge in [-0.2, -0.15) is 0 Å². The molecule has 3 nitrogen and oxygen atoms in total. The Hall–Kier alpha value is -0.120. The molecule has 1 aliphatic carbocycles. The Balaban J connectivity index is 2.31. The molecule has 1 rings (SSSR count). The van der Waals surface area contributed by atoms with Gasteiger partial charge in [0, 0.05) is 26.2 Å². The summed E-state index contributed by atoms with van der Waals surface area (Å²) in [6.07, 6.45) is 5.67. The summed E-state index contributed by atoms with van der Waals surface area (Å²) in [6, 6.07) is 0.675. The molecule has 0 radical (unpaired) electrons. The van der Waals surface area contributed by atoms with E-state index < -0.39 is 0 Å². The number of hydrogen-bond donors (Lipinski definition) is 1. The van der Waals surface area contributed by atoms with Gasteiger partial charge in [0.25, 0.3) is 0 Å². The van der Waals surface area contributed by atoms with E-state index in [1.807, 2.05) is 0 Å². The molecule has 0 saturated heterocycles. The minimum atomic E-state index is 0.675. The molecular weight excluding hydrogens is 200 g/mol. The highest BCUT2D eigenvalue weighted by Gasteiger charge is 2.24. The first-order chi connectivity index (χ1) is 7.77. The molecule has 1 atom stereocenters. The van der Waals surface area contributed by atoms with Crippen LogP contribution in [0.15, 0.2) is 0 Å². The average Bonchev–Trinajstić information content (AvgIpc) is 2.79. The zero-order valence-corrected chi connectivity index (χ0v) is 11.2. The number of nitrogens with zero attached hydrogens (tertiary/aromatic N) is 1. The molecule has 3 heteroatoms. The number of nitrogens with one attached hydrogen (secondary N) is 1. The van der Waals surface area contributed by atoms with Crippen molar-refractivity contribution in [3.63, 3.8) is 0 Å². The Morgan fingerprint density at radius 3 is 2.62 bits per heavy atom. The summed E-state index contributed by atoms with van der Waals surface area (Å²) in [6.45, 7) is 6.31. The van der Waals surface area contributed by atoms with E-state index in [4.69, 9.17) is 4.74 Å². The van der Waals surface area contributed by atoms with Crippen LogP contribution in [-0.2, 0) is 4.74 Å². The number of ether oxygens (including phenoxy) is 1. The number of methoxy groups -OCH3 is 1. The molecule has 1 saturated carbocycles. The molecule has 0 aliphatic heterocycles. The van der Waals surface area contributed by atoms with Crippen LogP contribution >= 0.6 is 0 Å². The van der Waals surface area contributed by atoms with Crippen LogP contribution in [0.4, 0.5) is 0 Å². The van der Waals surface area contributed by atoms with Gasteiger partial charge in [0.2, 0.25) is 0 Å². The SMILES string of the molecule is CCNC(CN(C)CCOC)C1CCCC1. The molecule has 1 N–H and O–H groups in total. The fourth-order valence-corrected chi connectivity index (χ4v) is 2.68. The van der Waals surface area contributed by atoms with Crippen molar-refractivity contribution in [3.05, 3.63) is 0 Å². The van der Waals surface area contributed by atoms with Crippen molar-refractivity contribution >= 4 is 0 Å². The first kappa shape index (κ1) is 13.9. The van der Waals surface area contributed by atoms with Gasteiger partial charge in [-0.05, 0) is 32.4 Å². The summed E-state index contributed by atoms with van der Waals surface area (Å²) in [5.41, 5.74) is 0. The fourth-order valence-electron chi connectivity index (χ4n) is 2.68. The molecule has 0 bridgehead atoms. The standard InChI is InChI=1S/C13H28N2O/c1-4-14-13(12-7-5-6-8-12)11-15(2)9-10-16-3/h12-14H,4-11H2,1-3H3. The lowest BCUT2D eigenvalue weighted by Gasteiger charge is -2.29. The van der Waals surface area contributed by atoms with Gasteiger partial charge < -0.3 is 15.0 Å². The number of likely N-dealkylation sites (N-methyl/N-ethyl adjacent to an activating group) is 2. The van der Waals surface area contributed by atoms with E-state index in [-0.39, 0.29) is 0 Å². The van der Waals surface area contributed by atoms with Crippen LogP contribution in [0.1, 0.15) is 32.6 Å². The minimum Gasteiger partial charge on any atom is -0.383 e. The van der Waals surface area contributed by atoms with Gasteiger partial charge >= 0.3 is 0 Å². The van der Waals surface area contributed by atoms with Gasteiger partial charge in [0.05, 0.1) is 6.61 Å². The van der Waals surface area contributed by atoms with Crippen LogP contribution in [0.25, 0.3) is 0 Å². The second kappa shape index (κ2) is 8.04. The highest BCUT2D eigenvalue weighted by molar-refractivity contribution is 4.82. The molecule has 16 heavy (non-hydrogen) atoms. The van der Waals surface area contributed by atoms with Crippen molar-refractivity contribution in [1.82, 2.24) is 10.2 Å². The van der Waals surface area contributed by atoms with Crippen LogP contribution in [0.3, 0.4) is 0 Å². The van der Waals surface area contributed by atoms with Gasteiger partial charge in [-0.3, -0.25) is 0 Å². The first-order valence-corrected chi connectivity index (χ1v) is 6.68. The third-order valence-electron chi connectivity index (χ3n) is 3.62. The lowest BCUT2D eigenvalue weighted by Crippen LogP contribution is -2.44. The number of rotatable bonds is 8. The van der Waals surface area contributed by atoms with Gasteiger partial charge in [-0.25, -0.2) is 0 Å². The van der Waals surface area contributed by atoms with E-state index in [0.717, 1.165) is 32.2 Å². The second-order valence-corrected chi connectivity index (χ2v) is 4.96. The lowest BCUT2D eigenvalue weighted by atomic mass is 9.97. The molecule has 1 unspecified atom stereocenters. The van der Waals surface area contributed by atoms with Gasteiger partial charge in [-0.15, -0.1) is 0 Å². The van der Waals surface area contributed by atoms with E-state index in [9.17, 15) is 0 Å². The Labute approximate surface area is 101 Å². The third kappa shape index (κ3) is 4.81. The summed E-state index contributed by atoms with van der Waals surface area (Å²) in [5, 5.41) is 3.65.